The first-order chi connectivity index (χ1) is 17.5. The highest BCUT2D eigenvalue weighted by atomic mass is 16.4. The highest BCUT2D eigenvalue weighted by Crippen LogP contribution is 2.08. The van der Waals surface area contributed by atoms with Crippen molar-refractivity contribution in [3.05, 3.63) is 54.1 Å². The van der Waals surface area contributed by atoms with Crippen molar-refractivity contribution in [2.24, 2.45) is 11.7 Å². The molecule has 0 aliphatic heterocycles. The average molecular weight is 517 g/mol. The summed E-state index contributed by atoms with van der Waals surface area (Å²) in [5, 5.41) is 27.3. The number of nitrogens with one attached hydrogen (secondary N) is 4. The lowest BCUT2D eigenvalue weighted by molar-refractivity contribution is -0.142. The molecule has 12 heteroatoms. The standard InChI is InChI=1S/C25H36N6O6/c1-4-14(2)20(26)23(34)31-21(15(3)32)24(35)29-18(11-17-12-27-13-28-17)22(33)30-19(25(36)37)10-16-8-6-5-7-9-16/h5-9,12-15,18-21,32H,4,10-11,26H2,1-3H3,(H,27,28)(H,29,35)(H,30,33)(H,31,34)(H,36,37). The molecule has 0 aliphatic rings. The van der Waals surface area contributed by atoms with Crippen LogP contribution in [0.15, 0.2) is 42.9 Å². The number of aliphatic carboxylic acids is 1. The van der Waals surface area contributed by atoms with Gasteiger partial charge in [-0.25, -0.2) is 9.78 Å². The number of H-pyrrole nitrogens is 1. The largest absolute Gasteiger partial charge is 0.480 e. The van der Waals surface area contributed by atoms with E-state index in [2.05, 4.69) is 25.9 Å². The van der Waals surface area contributed by atoms with Crippen LogP contribution in [0, 0.1) is 5.92 Å². The fraction of sp³-hybridized carbons (Fsp3) is 0.480. The Kier molecular flexibility index (Phi) is 11.2. The van der Waals surface area contributed by atoms with Gasteiger partial charge in [-0.05, 0) is 18.4 Å². The fourth-order valence-electron chi connectivity index (χ4n) is 3.58. The molecule has 6 atom stereocenters. The van der Waals surface area contributed by atoms with Gasteiger partial charge in [0.2, 0.25) is 17.7 Å². The van der Waals surface area contributed by atoms with Gasteiger partial charge in [0.05, 0.1) is 18.5 Å². The number of hydrogen-bond donors (Lipinski definition) is 7. The molecule has 202 valence electrons. The molecule has 0 saturated carbocycles. The maximum Gasteiger partial charge on any atom is 0.326 e. The molecule has 6 unspecified atom stereocenters. The Labute approximate surface area is 215 Å². The van der Waals surface area contributed by atoms with Crippen LogP contribution in [0.1, 0.15) is 38.4 Å². The Hall–Kier alpha value is -3.77. The average Bonchev–Trinajstić information content (AvgIpc) is 3.38. The van der Waals surface area contributed by atoms with Crippen LogP contribution >= 0.6 is 0 Å². The number of nitrogens with two attached hydrogens (primary N) is 1. The van der Waals surface area contributed by atoms with Crippen LogP contribution < -0.4 is 21.7 Å². The SMILES string of the molecule is CCC(C)C(N)C(=O)NC(C(=O)NC(Cc1cnc[nH]1)C(=O)NC(Cc1ccccc1)C(=O)O)C(C)O. The van der Waals surface area contributed by atoms with Crippen LogP contribution in [0.2, 0.25) is 0 Å². The number of nitrogens with zero attached hydrogens (tertiary/aromatic N) is 1. The summed E-state index contributed by atoms with van der Waals surface area (Å²) in [5.41, 5.74) is 7.16. The zero-order valence-electron chi connectivity index (χ0n) is 21.2. The summed E-state index contributed by atoms with van der Waals surface area (Å²) in [4.78, 5) is 57.4. The van der Waals surface area contributed by atoms with Crippen molar-refractivity contribution >= 4 is 23.7 Å². The molecule has 1 aromatic heterocycles. The van der Waals surface area contributed by atoms with E-state index in [0.29, 0.717) is 17.7 Å². The Morgan fingerprint density at radius 1 is 0.973 bits per heavy atom. The lowest BCUT2D eigenvalue weighted by Gasteiger charge is -2.27. The topological polar surface area (TPSA) is 200 Å². The van der Waals surface area contributed by atoms with Crippen molar-refractivity contribution in [3.63, 3.8) is 0 Å². The van der Waals surface area contributed by atoms with Crippen LogP contribution in [0.3, 0.4) is 0 Å². The first-order valence-electron chi connectivity index (χ1n) is 12.1. The maximum atomic E-state index is 13.2. The predicted molar refractivity (Wildman–Crippen MR) is 135 cm³/mol. The second-order valence-corrected chi connectivity index (χ2v) is 9.07. The van der Waals surface area contributed by atoms with Gasteiger partial charge >= 0.3 is 5.97 Å². The van der Waals surface area contributed by atoms with Gasteiger partial charge in [-0.3, -0.25) is 14.4 Å². The van der Waals surface area contributed by atoms with E-state index in [1.165, 1.54) is 19.4 Å². The number of carbonyl (C=O) groups excluding carboxylic acids is 3. The Morgan fingerprint density at radius 3 is 2.16 bits per heavy atom. The van der Waals surface area contributed by atoms with Crippen LogP contribution in [-0.2, 0) is 32.0 Å². The van der Waals surface area contributed by atoms with Crippen LogP contribution in [0.5, 0.6) is 0 Å². The molecule has 12 nitrogen and oxygen atoms in total. The lowest BCUT2D eigenvalue weighted by atomic mass is 9.98. The Morgan fingerprint density at radius 2 is 1.62 bits per heavy atom. The van der Waals surface area contributed by atoms with Gasteiger partial charge in [-0.2, -0.15) is 0 Å². The monoisotopic (exact) mass is 516 g/mol. The molecule has 0 spiro atoms. The van der Waals surface area contributed by atoms with E-state index in [0.717, 1.165) is 0 Å². The van der Waals surface area contributed by atoms with Gasteiger partial charge in [0.15, 0.2) is 0 Å². The number of aromatic nitrogens is 2. The molecular weight excluding hydrogens is 480 g/mol. The summed E-state index contributed by atoms with van der Waals surface area (Å²) in [5.74, 6) is -3.59. The fourth-order valence-corrected chi connectivity index (χ4v) is 3.58. The van der Waals surface area contributed by atoms with Crippen LogP contribution in [0.4, 0.5) is 0 Å². The summed E-state index contributed by atoms with van der Waals surface area (Å²) in [6, 6.07) is 4.03. The summed E-state index contributed by atoms with van der Waals surface area (Å²) < 4.78 is 0. The number of aromatic amines is 1. The number of carboxylic acid groups (broad SMARTS) is 1. The van der Waals surface area contributed by atoms with Crippen LogP contribution in [0.25, 0.3) is 0 Å². The molecule has 0 radical (unpaired) electrons. The molecule has 2 rings (SSSR count). The van der Waals surface area contributed by atoms with Gasteiger partial charge in [-0.15, -0.1) is 0 Å². The van der Waals surface area contributed by atoms with E-state index in [4.69, 9.17) is 5.73 Å². The number of rotatable bonds is 14. The molecule has 1 heterocycles. The van der Waals surface area contributed by atoms with E-state index >= 15 is 0 Å². The number of amides is 3. The molecule has 2 aromatic rings. The Balaban J connectivity index is 2.19. The number of carbonyl (C=O) groups is 4. The van der Waals surface area contributed by atoms with Gasteiger partial charge in [0, 0.05) is 24.7 Å². The third-order valence-electron chi connectivity index (χ3n) is 6.13. The zero-order valence-corrected chi connectivity index (χ0v) is 21.2. The smallest absolute Gasteiger partial charge is 0.326 e. The van der Waals surface area contributed by atoms with Gasteiger partial charge in [0.25, 0.3) is 0 Å². The second kappa shape index (κ2) is 14.1. The van der Waals surface area contributed by atoms with Crippen LogP contribution in [-0.4, -0.2) is 74.1 Å². The van der Waals surface area contributed by atoms with Gasteiger partial charge in [-0.1, -0.05) is 50.6 Å². The third-order valence-corrected chi connectivity index (χ3v) is 6.13. The number of aliphatic hydroxyl groups excluding tert-OH is 1. The number of hydrogen-bond acceptors (Lipinski definition) is 7. The zero-order chi connectivity index (χ0) is 27.5. The van der Waals surface area contributed by atoms with Crippen molar-refractivity contribution in [3.8, 4) is 0 Å². The van der Waals surface area contributed by atoms with Crippen molar-refractivity contribution in [1.82, 2.24) is 25.9 Å². The van der Waals surface area contributed by atoms with Crippen molar-refractivity contribution in [1.29, 1.82) is 0 Å². The number of aliphatic hydroxyl groups is 1. The molecule has 0 bridgehead atoms. The number of imidazole rings is 1. The maximum absolute atomic E-state index is 13.2. The Bertz CT molecular complexity index is 1030. The summed E-state index contributed by atoms with van der Waals surface area (Å²) >= 11 is 0. The minimum absolute atomic E-state index is 0.0342. The highest BCUT2D eigenvalue weighted by molar-refractivity contribution is 5.94. The van der Waals surface area contributed by atoms with Gasteiger partial charge < -0.3 is 36.9 Å². The van der Waals surface area contributed by atoms with Crippen molar-refractivity contribution in [2.75, 3.05) is 0 Å². The normalized spacial score (nSPS) is 15.9. The molecule has 8 N–H and O–H groups in total. The molecule has 37 heavy (non-hydrogen) atoms. The summed E-state index contributed by atoms with van der Waals surface area (Å²) in [6.07, 6.45) is 2.20. The molecule has 0 aliphatic carbocycles. The molecular formula is C25H36N6O6. The first kappa shape index (κ1) is 29.5. The quantitative estimate of drug-likeness (QED) is 0.174. The third kappa shape index (κ3) is 8.99. The number of benzene rings is 1. The van der Waals surface area contributed by atoms with E-state index in [-0.39, 0.29) is 18.8 Å². The van der Waals surface area contributed by atoms with E-state index in [9.17, 15) is 29.4 Å². The second-order valence-electron chi connectivity index (χ2n) is 9.07. The highest BCUT2D eigenvalue weighted by Gasteiger charge is 2.33. The van der Waals surface area contributed by atoms with E-state index < -0.39 is 54.0 Å². The van der Waals surface area contributed by atoms with Crippen molar-refractivity contribution in [2.45, 2.75) is 70.3 Å². The van der Waals surface area contributed by atoms with E-state index in [1.54, 1.807) is 37.3 Å². The molecule has 1 aromatic carbocycles. The van der Waals surface area contributed by atoms with E-state index in [1.807, 2.05) is 6.92 Å². The molecule has 0 fully saturated rings. The molecule has 3 amide bonds. The predicted octanol–water partition coefficient (Wildman–Crippen LogP) is -0.512. The number of carboxylic acids is 1. The minimum atomic E-state index is -1.39. The summed E-state index contributed by atoms with van der Waals surface area (Å²) in [6.45, 7) is 4.99. The van der Waals surface area contributed by atoms with Crippen molar-refractivity contribution < 1.29 is 29.4 Å². The van der Waals surface area contributed by atoms with Gasteiger partial charge in [0.1, 0.15) is 18.1 Å². The summed E-state index contributed by atoms with van der Waals surface area (Å²) in [7, 11) is 0. The lowest BCUT2D eigenvalue weighted by Crippen LogP contribution is -2.60. The first-order valence-corrected chi connectivity index (χ1v) is 12.1. The minimum Gasteiger partial charge on any atom is -0.480 e. The molecule has 0 saturated heterocycles.